The minimum absolute atomic E-state index is 0.0310. The molecule has 0 spiro atoms. The van der Waals surface area contributed by atoms with E-state index in [4.69, 9.17) is 15.9 Å². The number of rotatable bonds is 5. The van der Waals surface area contributed by atoms with Gasteiger partial charge in [0.05, 0.1) is 23.4 Å². The second kappa shape index (κ2) is 5.79. The topological polar surface area (TPSA) is 84.9 Å². The second-order valence-electron chi connectivity index (χ2n) is 4.18. The van der Waals surface area contributed by atoms with Crippen molar-refractivity contribution in [2.75, 3.05) is 6.61 Å². The first-order valence-corrected chi connectivity index (χ1v) is 6.79. The Balaban J connectivity index is 2.05. The predicted molar refractivity (Wildman–Crippen MR) is 76.0 cm³/mol. The third-order valence-corrected chi connectivity index (χ3v) is 3.70. The van der Waals surface area contributed by atoms with Gasteiger partial charge in [-0.2, -0.15) is 0 Å². The standard InChI is InChI=1S/C13H16N4OS/c1-8-3-4-10(12(14)15)13(17-8)18-6-5-11-9(2)16-7-19-11/h3-4,7H,5-6H2,1-2H3,(H3,14,15). The van der Waals surface area contributed by atoms with E-state index in [2.05, 4.69) is 9.97 Å². The number of hydrogen-bond acceptors (Lipinski definition) is 5. The van der Waals surface area contributed by atoms with Gasteiger partial charge in [-0.25, -0.2) is 9.97 Å². The van der Waals surface area contributed by atoms with Gasteiger partial charge in [0.2, 0.25) is 5.88 Å². The third-order valence-electron chi connectivity index (χ3n) is 2.70. The molecule has 2 aromatic heterocycles. The maximum absolute atomic E-state index is 7.51. The Morgan fingerprint density at radius 2 is 2.21 bits per heavy atom. The van der Waals surface area contributed by atoms with Gasteiger partial charge in [0.15, 0.2) is 0 Å². The summed E-state index contributed by atoms with van der Waals surface area (Å²) in [5.74, 6) is 0.395. The zero-order valence-electron chi connectivity index (χ0n) is 10.9. The average Bonchev–Trinajstić information content (AvgIpc) is 2.75. The molecule has 0 unspecified atom stereocenters. The van der Waals surface area contributed by atoms with Crippen LogP contribution in [-0.4, -0.2) is 22.4 Å². The summed E-state index contributed by atoms with van der Waals surface area (Å²) in [6.45, 7) is 4.36. The maximum Gasteiger partial charge on any atom is 0.224 e. The molecular formula is C13H16N4OS. The highest BCUT2D eigenvalue weighted by Gasteiger charge is 2.09. The number of amidine groups is 1. The van der Waals surface area contributed by atoms with Gasteiger partial charge in [0, 0.05) is 17.0 Å². The van der Waals surface area contributed by atoms with Crippen LogP contribution in [0.2, 0.25) is 0 Å². The van der Waals surface area contributed by atoms with Crippen molar-refractivity contribution in [1.29, 1.82) is 5.41 Å². The lowest BCUT2D eigenvalue weighted by atomic mass is 10.2. The zero-order valence-corrected chi connectivity index (χ0v) is 11.8. The number of nitrogens with one attached hydrogen (secondary N) is 1. The molecule has 2 aromatic rings. The largest absolute Gasteiger partial charge is 0.477 e. The van der Waals surface area contributed by atoms with E-state index >= 15 is 0 Å². The van der Waals surface area contributed by atoms with Crippen LogP contribution in [0.3, 0.4) is 0 Å². The Morgan fingerprint density at radius 1 is 1.42 bits per heavy atom. The molecule has 2 rings (SSSR count). The number of ether oxygens (including phenoxy) is 1. The number of thiazole rings is 1. The third kappa shape index (κ3) is 3.29. The molecule has 0 aliphatic rings. The molecule has 0 bridgehead atoms. The SMILES string of the molecule is Cc1ccc(C(=N)N)c(OCCc2scnc2C)n1. The Morgan fingerprint density at radius 3 is 2.84 bits per heavy atom. The molecule has 6 heteroatoms. The van der Waals surface area contributed by atoms with Gasteiger partial charge < -0.3 is 10.5 Å². The molecule has 0 atom stereocenters. The Bertz CT molecular complexity index is 594. The number of aryl methyl sites for hydroxylation is 2. The van der Waals surface area contributed by atoms with Crippen molar-refractivity contribution < 1.29 is 4.74 Å². The van der Waals surface area contributed by atoms with Gasteiger partial charge in [-0.15, -0.1) is 11.3 Å². The first kappa shape index (κ1) is 13.5. The lowest BCUT2D eigenvalue weighted by molar-refractivity contribution is 0.309. The van der Waals surface area contributed by atoms with E-state index in [0.29, 0.717) is 18.1 Å². The normalized spacial score (nSPS) is 10.4. The fourth-order valence-corrected chi connectivity index (χ4v) is 2.42. The molecule has 3 N–H and O–H groups in total. The van der Waals surface area contributed by atoms with E-state index in [-0.39, 0.29) is 5.84 Å². The molecule has 0 fully saturated rings. The predicted octanol–water partition coefficient (Wildman–Crippen LogP) is 2.06. The summed E-state index contributed by atoms with van der Waals surface area (Å²) in [4.78, 5) is 9.68. The molecule has 2 heterocycles. The summed E-state index contributed by atoms with van der Waals surface area (Å²) >= 11 is 1.62. The Hall–Kier alpha value is -1.95. The highest BCUT2D eigenvalue weighted by Crippen LogP contribution is 2.17. The average molecular weight is 276 g/mol. The van der Waals surface area contributed by atoms with Crippen molar-refractivity contribution in [1.82, 2.24) is 9.97 Å². The van der Waals surface area contributed by atoms with Crippen LogP contribution < -0.4 is 10.5 Å². The van der Waals surface area contributed by atoms with Crippen LogP contribution in [0.1, 0.15) is 21.8 Å². The van der Waals surface area contributed by atoms with Crippen LogP contribution in [0.25, 0.3) is 0 Å². The van der Waals surface area contributed by atoms with Crippen molar-refractivity contribution in [3.63, 3.8) is 0 Å². The maximum atomic E-state index is 7.51. The van der Waals surface area contributed by atoms with Crippen molar-refractivity contribution >= 4 is 17.2 Å². The second-order valence-corrected chi connectivity index (χ2v) is 5.12. The fourth-order valence-electron chi connectivity index (χ4n) is 1.65. The minimum Gasteiger partial charge on any atom is -0.477 e. The molecule has 0 saturated carbocycles. The van der Waals surface area contributed by atoms with E-state index in [1.807, 2.05) is 25.4 Å². The molecule has 100 valence electrons. The minimum atomic E-state index is -0.0310. The molecule has 5 nitrogen and oxygen atoms in total. The van der Waals surface area contributed by atoms with Gasteiger partial charge in [-0.3, -0.25) is 5.41 Å². The molecule has 0 aliphatic carbocycles. The Labute approximate surface area is 116 Å². The summed E-state index contributed by atoms with van der Waals surface area (Å²) in [6.07, 6.45) is 0.781. The molecule has 0 saturated heterocycles. The van der Waals surface area contributed by atoms with E-state index in [0.717, 1.165) is 17.8 Å². The molecular weight excluding hydrogens is 260 g/mol. The molecule has 0 amide bonds. The van der Waals surface area contributed by atoms with Gasteiger partial charge >= 0.3 is 0 Å². The first-order valence-electron chi connectivity index (χ1n) is 5.91. The zero-order chi connectivity index (χ0) is 13.8. The van der Waals surface area contributed by atoms with Gasteiger partial charge in [0.25, 0.3) is 0 Å². The van der Waals surface area contributed by atoms with Crippen LogP contribution in [0.4, 0.5) is 0 Å². The first-order chi connectivity index (χ1) is 9.08. The monoisotopic (exact) mass is 276 g/mol. The van der Waals surface area contributed by atoms with Crippen LogP contribution in [0.15, 0.2) is 17.6 Å². The summed E-state index contributed by atoms with van der Waals surface area (Å²) in [6, 6.07) is 3.58. The van der Waals surface area contributed by atoms with Crippen molar-refractivity contribution in [3.8, 4) is 5.88 Å². The van der Waals surface area contributed by atoms with Crippen LogP contribution in [-0.2, 0) is 6.42 Å². The van der Waals surface area contributed by atoms with Crippen LogP contribution in [0, 0.1) is 19.3 Å². The van der Waals surface area contributed by atoms with Gasteiger partial charge in [-0.05, 0) is 26.0 Å². The molecule has 0 radical (unpaired) electrons. The van der Waals surface area contributed by atoms with Crippen molar-refractivity contribution in [3.05, 3.63) is 39.5 Å². The van der Waals surface area contributed by atoms with E-state index in [1.165, 1.54) is 4.88 Å². The Kier molecular flexibility index (Phi) is 4.11. The van der Waals surface area contributed by atoms with Crippen LogP contribution >= 0.6 is 11.3 Å². The fraction of sp³-hybridized carbons (Fsp3) is 0.308. The van der Waals surface area contributed by atoms with E-state index < -0.39 is 0 Å². The van der Waals surface area contributed by atoms with E-state index in [9.17, 15) is 0 Å². The summed E-state index contributed by atoms with van der Waals surface area (Å²) in [5, 5.41) is 7.51. The summed E-state index contributed by atoms with van der Waals surface area (Å²) in [5.41, 5.74) is 9.76. The van der Waals surface area contributed by atoms with Crippen molar-refractivity contribution in [2.24, 2.45) is 5.73 Å². The highest BCUT2D eigenvalue weighted by atomic mass is 32.1. The molecule has 19 heavy (non-hydrogen) atoms. The van der Waals surface area contributed by atoms with Gasteiger partial charge in [0.1, 0.15) is 5.84 Å². The smallest absolute Gasteiger partial charge is 0.224 e. The lowest BCUT2D eigenvalue weighted by Crippen LogP contribution is -2.15. The van der Waals surface area contributed by atoms with Crippen LogP contribution in [0.5, 0.6) is 5.88 Å². The van der Waals surface area contributed by atoms with E-state index in [1.54, 1.807) is 17.4 Å². The van der Waals surface area contributed by atoms with Gasteiger partial charge in [-0.1, -0.05) is 0 Å². The highest BCUT2D eigenvalue weighted by molar-refractivity contribution is 7.09. The number of nitrogens with two attached hydrogens (primary N) is 1. The number of pyridine rings is 1. The van der Waals surface area contributed by atoms with Crippen molar-refractivity contribution in [2.45, 2.75) is 20.3 Å². The number of aromatic nitrogens is 2. The molecule has 0 aromatic carbocycles. The summed E-state index contributed by atoms with van der Waals surface area (Å²) in [7, 11) is 0. The number of hydrogen-bond donors (Lipinski definition) is 2. The quantitative estimate of drug-likeness (QED) is 0.646. The molecule has 0 aliphatic heterocycles. The number of nitrogens with zero attached hydrogens (tertiary/aromatic N) is 2. The summed E-state index contributed by atoms with van der Waals surface area (Å²) < 4.78 is 5.65. The number of nitrogen functional groups attached to an aromatic ring is 1. The lowest BCUT2D eigenvalue weighted by Gasteiger charge is -2.09.